The fourth-order valence-corrected chi connectivity index (χ4v) is 5.19. The van der Waals surface area contributed by atoms with Gasteiger partial charge in [-0.1, -0.05) is 18.9 Å². The number of nitrogens with zero attached hydrogens (tertiary/aromatic N) is 1. The van der Waals surface area contributed by atoms with Crippen molar-refractivity contribution in [2.45, 2.75) is 55.5 Å². The molecule has 2 aliphatic carbocycles. The number of nitrogens with one attached hydrogen (secondary N) is 3. The van der Waals surface area contributed by atoms with E-state index in [0.29, 0.717) is 5.69 Å². The molecule has 0 aliphatic heterocycles. The first-order chi connectivity index (χ1) is 12.5. The fraction of sp³-hybridized carbons (Fsp3) is 0.444. The summed E-state index contributed by atoms with van der Waals surface area (Å²) in [4.78, 5) is 12.5. The summed E-state index contributed by atoms with van der Waals surface area (Å²) in [5, 5.41) is 9.39. The summed E-state index contributed by atoms with van der Waals surface area (Å²) in [7, 11) is -3.54. The standard InChI is InChI=1S/C18H22N4O3S/c23-18(17-9-10-19-21-17)20-16-8-6-12-5-7-14(11-15(12)16)26(24,25)22-13-3-1-2-4-13/h5,7,9-11,13,16,22H,1-4,6,8H2,(H,19,21)(H,20,23)/t16-/m1/s1. The van der Waals surface area contributed by atoms with Crippen molar-refractivity contribution in [2.75, 3.05) is 0 Å². The molecule has 26 heavy (non-hydrogen) atoms. The molecular weight excluding hydrogens is 352 g/mol. The molecule has 0 bridgehead atoms. The van der Waals surface area contributed by atoms with Gasteiger partial charge in [-0.15, -0.1) is 0 Å². The summed E-state index contributed by atoms with van der Waals surface area (Å²) < 4.78 is 28.2. The lowest BCUT2D eigenvalue weighted by Crippen LogP contribution is -2.33. The average Bonchev–Trinajstić information content (AvgIpc) is 3.36. The predicted octanol–water partition coefficient (Wildman–Crippen LogP) is 2.05. The van der Waals surface area contributed by atoms with Gasteiger partial charge < -0.3 is 5.32 Å². The highest BCUT2D eigenvalue weighted by Crippen LogP contribution is 2.33. The first-order valence-corrected chi connectivity index (χ1v) is 10.5. The van der Waals surface area contributed by atoms with Crippen LogP contribution in [0.25, 0.3) is 0 Å². The van der Waals surface area contributed by atoms with Crippen LogP contribution in [0.15, 0.2) is 35.4 Å². The molecule has 0 unspecified atom stereocenters. The highest BCUT2D eigenvalue weighted by molar-refractivity contribution is 7.89. The van der Waals surface area contributed by atoms with E-state index in [9.17, 15) is 13.2 Å². The first-order valence-electron chi connectivity index (χ1n) is 8.98. The number of fused-ring (bicyclic) bond motifs is 1. The molecule has 1 atom stereocenters. The van der Waals surface area contributed by atoms with Crippen LogP contribution in [-0.2, 0) is 16.4 Å². The number of rotatable bonds is 5. The van der Waals surface area contributed by atoms with Crippen molar-refractivity contribution < 1.29 is 13.2 Å². The first kappa shape index (κ1) is 17.2. The monoisotopic (exact) mass is 374 g/mol. The second-order valence-electron chi connectivity index (χ2n) is 7.00. The van der Waals surface area contributed by atoms with Gasteiger partial charge in [0.1, 0.15) is 5.69 Å². The maximum absolute atomic E-state index is 12.7. The van der Waals surface area contributed by atoms with Gasteiger partial charge in [-0.25, -0.2) is 13.1 Å². The smallest absolute Gasteiger partial charge is 0.269 e. The van der Waals surface area contributed by atoms with Gasteiger partial charge in [0.15, 0.2) is 0 Å². The van der Waals surface area contributed by atoms with Gasteiger partial charge in [0.2, 0.25) is 10.0 Å². The van der Waals surface area contributed by atoms with Crippen LogP contribution < -0.4 is 10.0 Å². The number of amides is 1. The molecule has 2 aliphatic rings. The number of hydrogen-bond acceptors (Lipinski definition) is 4. The summed E-state index contributed by atoms with van der Waals surface area (Å²) in [6.45, 7) is 0. The van der Waals surface area contributed by atoms with Gasteiger partial charge in [-0.3, -0.25) is 9.89 Å². The van der Waals surface area contributed by atoms with Crippen molar-refractivity contribution in [3.05, 3.63) is 47.3 Å². The Balaban J connectivity index is 1.54. The SMILES string of the molecule is O=C(N[C@@H]1CCc2ccc(S(=O)(=O)NC3CCCC3)cc21)c1ccn[nH]1. The van der Waals surface area contributed by atoms with Crippen molar-refractivity contribution in [1.29, 1.82) is 0 Å². The second kappa shape index (κ2) is 6.85. The Hall–Kier alpha value is -2.19. The third kappa shape index (κ3) is 3.39. The quantitative estimate of drug-likeness (QED) is 0.745. The lowest BCUT2D eigenvalue weighted by Gasteiger charge is -2.16. The molecule has 1 aromatic carbocycles. The third-order valence-corrected chi connectivity index (χ3v) is 6.75. The summed E-state index contributed by atoms with van der Waals surface area (Å²) >= 11 is 0. The zero-order valence-corrected chi connectivity index (χ0v) is 15.2. The van der Waals surface area contributed by atoms with Crippen LogP contribution in [0.1, 0.15) is 59.8 Å². The number of aromatic amines is 1. The molecule has 1 heterocycles. The number of hydrogen-bond donors (Lipinski definition) is 3. The zero-order valence-electron chi connectivity index (χ0n) is 14.4. The number of carbonyl (C=O) groups is 1. The molecule has 8 heteroatoms. The van der Waals surface area contributed by atoms with Gasteiger partial charge in [0.25, 0.3) is 5.91 Å². The molecule has 1 amide bonds. The van der Waals surface area contributed by atoms with Gasteiger partial charge in [0.05, 0.1) is 10.9 Å². The number of H-pyrrole nitrogens is 1. The van der Waals surface area contributed by atoms with Gasteiger partial charge in [-0.05, 0) is 55.0 Å². The van der Waals surface area contributed by atoms with Crippen LogP contribution in [0.4, 0.5) is 0 Å². The average molecular weight is 374 g/mol. The van der Waals surface area contributed by atoms with Gasteiger partial charge >= 0.3 is 0 Å². The molecule has 1 saturated carbocycles. The molecule has 1 aromatic heterocycles. The van der Waals surface area contributed by atoms with Gasteiger partial charge in [0, 0.05) is 12.2 Å². The highest BCUT2D eigenvalue weighted by Gasteiger charge is 2.28. The Kier molecular flexibility index (Phi) is 4.54. The summed E-state index contributed by atoms with van der Waals surface area (Å²) in [5.74, 6) is -0.238. The molecular formula is C18H22N4O3S. The van der Waals surface area contributed by atoms with Crippen molar-refractivity contribution in [3.8, 4) is 0 Å². The molecule has 7 nitrogen and oxygen atoms in total. The van der Waals surface area contributed by atoms with Crippen molar-refractivity contribution in [2.24, 2.45) is 0 Å². The number of carbonyl (C=O) groups excluding carboxylic acids is 1. The molecule has 138 valence electrons. The maximum atomic E-state index is 12.7. The summed E-state index contributed by atoms with van der Waals surface area (Å²) in [6, 6.07) is 6.68. The maximum Gasteiger partial charge on any atom is 0.269 e. The topological polar surface area (TPSA) is 104 Å². The molecule has 2 aromatic rings. The lowest BCUT2D eigenvalue weighted by molar-refractivity contribution is 0.0931. The number of sulfonamides is 1. The molecule has 0 spiro atoms. The molecule has 1 fully saturated rings. The predicted molar refractivity (Wildman–Crippen MR) is 96.1 cm³/mol. The van der Waals surface area contributed by atoms with Crippen LogP contribution >= 0.6 is 0 Å². The van der Waals surface area contributed by atoms with Crippen LogP contribution in [0.3, 0.4) is 0 Å². The number of aromatic nitrogens is 2. The Bertz CT molecular complexity index is 903. The third-order valence-electron chi connectivity index (χ3n) is 5.23. The van der Waals surface area contributed by atoms with E-state index in [-0.39, 0.29) is 22.9 Å². The normalized spacial score (nSPS) is 20.2. The fourth-order valence-electron chi connectivity index (χ4n) is 3.85. The van der Waals surface area contributed by atoms with Crippen molar-refractivity contribution in [1.82, 2.24) is 20.2 Å². The minimum atomic E-state index is -3.54. The van der Waals surface area contributed by atoms with E-state index in [0.717, 1.165) is 49.7 Å². The van der Waals surface area contributed by atoms with Crippen LogP contribution in [0.5, 0.6) is 0 Å². The Morgan fingerprint density at radius 2 is 1.96 bits per heavy atom. The van der Waals surface area contributed by atoms with E-state index in [1.165, 1.54) is 6.20 Å². The second-order valence-corrected chi connectivity index (χ2v) is 8.71. The minimum absolute atomic E-state index is 0.0316. The molecule has 4 rings (SSSR count). The van der Waals surface area contributed by atoms with E-state index in [1.807, 2.05) is 6.07 Å². The van der Waals surface area contributed by atoms with Crippen LogP contribution in [0.2, 0.25) is 0 Å². The van der Waals surface area contributed by atoms with E-state index in [2.05, 4.69) is 20.2 Å². The molecule has 0 radical (unpaired) electrons. The van der Waals surface area contributed by atoms with Crippen LogP contribution in [-0.4, -0.2) is 30.6 Å². The minimum Gasteiger partial charge on any atom is -0.344 e. The zero-order chi connectivity index (χ0) is 18.1. The van der Waals surface area contributed by atoms with Crippen molar-refractivity contribution >= 4 is 15.9 Å². The number of benzene rings is 1. The van der Waals surface area contributed by atoms with E-state index in [1.54, 1.807) is 18.2 Å². The largest absolute Gasteiger partial charge is 0.344 e. The Morgan fingerprint density at radius 1 is 1.15 bits per heavy atom. The highest BCUT2D eigenvalue weighted by atomic mass is 32.2. The molecule has 0 saturated heterocycles. The van der Waals surface area contributed by atoms with E-state index >= 15 is 0 Å². The van der Waals surface area contributed by atoms with Gasteiger partial charge in [-0.2, -0.15) is 5.10 Å². The molecule has 3 N–H and O–H groups in total. The number of aryl methyl sites for hydroxylation is 1. The van der Waals surface area contributed by atoms with E-state index in [4.69, 9.17) is 0 Å². The van der Waals surface area contributed by atoms with Crippen molar-refractivity contribution in [3.63, 3.8) is 0 Å². The Labute approximate surface area is 152 Å². The van der Waals surface area contributed by atoms with Crippen LogP contribution in [0, 0.1) is 0 Å². The summed E-state index contributed by atoms with van der Waals surface area (Å²) in [6.07, 6.45) is 7.03. The lowest BCUT2D eigenvalue weighted by atomic mass is 10.1. The Morgan fingerprint density at radius 3 is 2.69 bits per heavy atom. The summed E-state index contributed by atoms with van der Waals surface area (Å²) in [5.41, 5.74) is 2.36. The van der Waals surface area contributed by atoms with E-state index < -0.39 is 10.0 Å².